The van der Waals surface area contributed by atoms with Gasteiger partial charge < -0.3 is 9.64 Å². The molecule has 0 radical (unpaired) electrons. The Morgan fingerprint density at radius 3 is 2.41 bits per heavy atom. The second kappa shape index (κ2) is 9.38. The molecule has 0 atom stereocenters. The zero-order chi connectivity index (χ0) is 23.5. The van der Waals surface area contributed by atoms with Crippen molar-refractivity contribution in [2.45, 2.75) is 0 Å². The molecule has 0 amide bonds. The largest absolute Gasteiger partial charge is 0.438 e. The number of pyridine rings is 1. The number of para-hydroxylation sites is 1. The maximum Gasteiger partial charge on any atom is 0.204 e. The molecule has 0 fully saturated rings. The number of nitrogens with zero attached hydrogens (tertiary/aromatic N) is 2. The Bertz CT molecular complexity index is 1480. The Labute approximate surface area is 202 Å². The molecule has 166 valence electrons. The summed E-state index contributed by atoms with van der Waals surface area (Å²) < 4.78 is 5.76. The zero-order valence-electron chi connectivity index (χ0n) is 18.5. The molecule has 1 aromatic heterocycles. The third kappa shape index (κ3) is 4.49. The van der Waals surface area contributed by atoms with E-state index in [2.05, 4.69) is 17.1 Å². The minimum absolute atomic E-state index is 0.0958. The molecule has 0 bridgehead atoms. The van der Waals surface area contributed by atoms with Gasteiger partial charge in [0.15, 0.2) is 11.5 Å². The molecule has 0 saturated heterocycles. The van der Waals surface area contributed by atoms with E-state index in [1.54, 1.807) is 12.1 Å². The summed E-state index contributed by atoms with van der Waals surface area (Å²) >= 11 is 6.02. The van der Waals surface area contributed by atoms with Crippen LogP contribution in [0.25, 0.3) is 21.7 Å². The van der Waals surface area contributed by atoms with Crippen LogP contribution >= 0.6 is 11.6 Å². The fourth-order valence-electron chi connectivity index (χ4n) is 3.82. The summed E-state index contributed by atoms with van der Waals surface area (Å²) in [5, 5.41) is 3.98. The summed E-state index contributed by atoms with van der Waals surface area (Å²) in [4.78, 5) is 18.6. The molecule has 1 aliphatic rings. The molecule has 1 aliphatic heterocycles. The van der Waals surface area contributed by atoms with Crippen LogP contribution in [0.5, 0.6) is 5.75 Å². The number of carbonyl (C=O) groups excluding carboxylic acids is 1. The van der Waals surface area contributed by atoms with Crippen LogP contribution in [0, 0.1) is 0 Å². The Balaban J connectivity index is 0.000000200. The van der Waals surface area contributed by atoms with Crippen molar-refractivity contribution < 1.29 is 9.53 Å². The average molecular weight is 465 g/mol. The normalized spacial score (nSPS) is 13.4. The Kier molecular flexibility index (Phi) is 5.98. The fourth-order valence-corrected chi connectivity index (χ4v) is 3.99. The van der Waals surface area contributed by atoms with Gasteiger partial charge in [0.2, 0.25) is 5.88 Å². The molecule has 2 heterocycles. The quantitative estimate of drug-likeness (QED) is 0.203. The minimum Gasteiger partial charge on any atom is -0.438 e. The first kappa shape index (κ1) is 21.7. The average Bonchev–Trinajstić information content (AvgIpc) is 3.18. The van der Waals surface area contributed by atoms with Gasteiger partial charge in [-0.25, -0.2) is 0 Å². The van der Waals surface area contributed by atoms with Gasteiger partial charge in [0.25, 0.3) is 0 Å². The van der Waals surface area contributed by atoms with Crippen LogP contribution in [0.2, 0.25) is 5.02 Å². The van der Waals surface area contributed by atoms with Crippen molar-refractivity contribution in [2.75, 3.05) is 11.9 Å². The molecule has 4 nitrogen and oxygen atoms in total. The Morgan fingerprint density at radius 2 is 1.59 bits per heavy atom. The lowest BCUT2D eigenvalue weighted by molar-refractivity contribution is 0.104. The lowest BCUT2D eigenvalue weighted by Crippen LogP contribution is -2.15. The second-order valence-corrected chi connectivity index (χ2v) is 8.31. The van der Waals surface area contributed by atoms with Crippen LogP contribution in [0.3, 0.4) is 0 Å². The summed E-state index contributed by atoms with van der Waals surface area (Å²) in [7, 11) is 1.85. The van der Waals surface area contributed by atoms with Crippen molar-refractivity contribution in [1.82, 2.24) is 4.98 Å². The molecule has 4 aromatic carbocycles. The van der Waals surface area contributed by atoms with Crippen molar-refractivity contribution in [3.63, 3.8) is 0 Å². The molecular formula is C29H21ClN2O2. The molecule has 0 spiro atoms. The number of aromatic nitrogens is 1. The highest BCUT2D eigenvalue weighted by atomic mass is 35.5. The van der Waals surface area contributed by atoms with Crippen LogP contribution in [0.4, 0.5) is 5.69 Å². The molecule has 0 unspecified atom stereocenters. The van der Waals surface area contributed by atoms with Crippen LogP contribution in [0.1, 0.15) is 10.4 Å². The number of ether oxygens (including phenoxy) is 1. The third-order valence-corrected chi connectivity index (χ3v) is 5.86. The summed E-state index contributed by atoms with van der Waals surface area (Å²) in [6.45, 7) is 0. The molecule has 6 rings (SSSR count). The van der Waals surface area contributed by atoms with E-state index in [0.29, 0.717) is 22.2 Å². The summed E-state index contributed by atoms with van der Waals surface area (Å²) in [6, 6.07) is 31.1. The SMILES string of the molecule is CN1C(=CC(=O)c2ccc3ccccc3c2)Oc2ccc(Cl)cc21.c1ccc2ncccc2c1. The first-order chi connectivity index (χ1) is 16.6. The summed E-state index contributed by atoms with van der Waals surface area (Å²) in [5.74, 6) is 1.09. The number of fused-ring (bicyclic) bond motifs is 3. The number of hydrogen-bond acceptors (Lipinski definition) is 4. The monoisotopic (exact) mass is 464 g/mol. The maximum absolute atomic E-state index is 12.6. The van der Waals surface area contributed by atoms with Crippen LogP contribution in [-0.2, 0) is 0 Å². The van der Waals surface area contributed by atoms with Gasteiger partial charge in [-0.05, 0) is 47.2 Å². The minimum atomic E-state index is -0.0958. The second-order valence-electron chi connectivity index (χ2n) is 7.88. The predicted molar refractivity (Wildman–Crippen MR) is 139 cm³/mol. The molecule has 5 heteroatoms. The zero-order valence-corrected chi connectivity index (χ0v) is 19.2. The number of ketones is 1. The number of carbonyl (C=O) groups is 1. The molecule has 34 heavy (non-hydrogen) atoms. The van der Waals surface area contributed by atoms with Crippen LogP contribution < -0.4 is 9.64 Å². The van der Waals surface area contributed by atoms with E-state index in [1.165, 1.54) is 11.5 Å². The van der Waals surface area contributed by atoms with Crippen molar-refractivity contribution in [1.29, 1.82) is 0 Å². The van der Waals surface area contributed by atoms with Gasteiger partial charge in [0.1, 0.15) is 0 Å². The van der Waals surface area contributed by atoms with E-state index in [1.807, 2.05) is 90.9 Å². The van der Waals surface area contributed by atoms with Crippen LogP contribution in [0.15, 0.2) is 115 Å². The number of halogens is 1. The highest BCUT2D eigenvalue weighted by molar-refractivity contribution is 6.31. The van der Waals surface area contributed by atoms with Crippen molar-refractivity contribution in [2.24, 2.45) is 0 Å². The van der Waals surface area contributed by atoms with Gasteiger partial charge in [-0.3, -0.25) is 9.78 Å². The van der Waals surface area contributed by atoms with E-state index >= 15 is 0 Å². The van der Waals surface area contributed by atoms with Gasteiger partial charge in [-0.2, -0.15) is 0 Å². The smallest absolute Gasteiger partial charge is 0.204 e. The van der Waals surface area contributed by atoms with Crippen molar-refractivity contribution in [3.8, 4) is 5.75 Å². The van der Waals surface area contributed by atoms with E-state index < -0.39 is 0 Å². The van der Waals surface area contributed by atoms with Gasteiger partial charge in [-0.1, -0.05) is 72.3 Å². The molecule has 0 aliphatic carbocycles. The van der Waals surface area contributed by atoms with E-state index in [0.717, 1.165) is 22.0 Å². The van der Waals surface area contributed by atoms with Gasteiger partial charge in [0, 0.05) is 35.3 Å². The standard InChI is InChI=1S/C20H14ClNO2.C9H7N/c1-22-17-11-16(21)8-9-19(17)24-20(22)12-18(23)15-7-6-13-4-2-3-5-14(13)10-15;1-2-6-9-8(4-1)5-3-7-10-9/h2-12H,1H3;1-7H. The third-order valence-electron chi connectivity index (χ3n) is 5.63. The molecule has 0 N–H and O–H groups in total. The molecular weight excluding hydrogens is 444 g/mol. The van der Waals surface area contributed by atoms with E-state index in [4.69, 9.17) is 16.3 Å². The predicted octanol–water partition coefficient (Wildman–Crippen LogP) is 7.28. The van der Waals surface area contributed by atoms with Crippen LogP contribution in [-0.4, -0.2) is 17.8 Å². The highest BCUT2D eigenvalue weighted by Gasteiger charge is 2.24. The topological polar surface area (TPSA) is 42.4 Å². The van der Waals surface area contributed by atoms with Crippen molar-refractivity contribution >= 4 is 44.7 Å². The van der Waals surface area contributed by atoms with E-state index in [-0.39, 0.29) is 5.78 Å². The number of hydrogen-bond donors (Lipinski definition) is 0. The first-order valence-electron chi connectivity index (χ1n) is 10.8. The molecule has 5 aromatic rings. The number of rotatable bonds is 2. The Morgan fingerprint density at radius 1 is 0.853 bits per heavy atom. The lowest BCUT2D eigenvalue weighted by Gasteiger charge is -2.10. The number of allylic oxidation sites excluding steroid dienone is 1. The molecule has 0 saturated carbocycles. The Hall–Kier alpha value is -4.15. The van der Waals surface area contributed by atoms with E-state index in [9.17, 15) is 4.79 Å². The number of anilines is 1. The lowest BCUT2D eigenvalue weighted by atomic mass is 10.0. The van der Waals surface area contributed by atoms with Gasteiger partial charge in [0.05, 0.1) is 11.2 Å². The summed E-state index contributed by atoms with van der Waals surface area (Å²) in [5.41, 5.74) is 2.54. The first-order valence-corrected chi connectivity index (χ1v) is 11.2. The fraction of sp³-hybridized carbons (Fsp3) is 0.0345. The summed E-state index contributed by atoms with van der Waals surface area (Å²) in [6.07, 6.45) is 3.32. The number of benzene rings is 4. The maximum atomic E-state index is 12.6. The van der Waals surface area contributed by atoms with Gasteiger partial charge >= 0.3 is 0 Å². The van der Waals surface area contributed by atoms with Crippen molar-refractivity contribution in [3.05, 3.63) is 126 Å². The highest BCUT2D eigenvalue weighted by Crippen LogP contribution is 2.39. The van der Waals surface area contributed by atoms with Gasteiger partial charge in [-0.15, -0.1) is 0 Å².